The van der Waals surface area contributed by atoms with Gasteiger partial charge in [0.15, 0.2) is 0 Å². The molecule has 2 N–H and O–H groups in total. The van der Waals surface area contributed by atoms with E-state index in [0.29, 0.717) is 22.3 Å². The number of amides is 1. The minimum Gasteiger partial charge on any atom is -0.445 e. The van der Waals surface area contributed by atoms with Crippen LogP contribution in [0.3, 0.4) is 0 Å². The number of carbonyl (C=O) groups excluding carboxylic acids is 1. The molecule has 98 valence electrons. The Morgan fingerprint density at radius 1 is 1.39 bits per heavy atom. The summed E-state index contributed by atoms with van der Waals surface area (Å²) in [5.41, 5.74) is 0.568. The van der Waals surface area contributed by atoms with Gasteiger partial charge in [-0.05, 0) is 37.6 Å². The van der Waals surface area contributed by atoms with Crippen LogP contribution in [0.15, 0.2) is 18.2 Å². The summed E-state index contributed by atoms with van der Waals surface area (Å²) in [5.74, 6) is 0. The van der Waals surface area contributed by atoms with Crippen LogP contribution < -0.4 is 10.6 Å². The number of piperidine rings is 1. The first-order chi connectivity index (χ1) is 8.65. The van der Waals surface area contributed by atoms with E-state index in [1.807, 2.05) is 0 Å². The van der Waals surface area contributed by atoms with Crippen LogP contribution in [0.25, 0.3) is 0 Å². The van der Waals surface area contributed by atoms with Crippen molar-refractivity contribution in [2.24, 2.45) is 0 Å². The van der Waals surface area contributed by atoms with Gasteiger partial charge in [-0.3, -0.25) is 5.32 Å². The maximum absolute atomic E-state index is 11.6. The Balaban J connectivity index is 1.88. The average molecular weight is 289 g/mol. The number of ether oxygens (including phenoxy) is 1. The van der Waals surface area contributed by atoms with E-state index in [9.17, 15) is 4.79 Å². The first-order valence-corrected chi connectivity index (χ1v) is 6.54. The van der Waals surface area contributed by atoms with E-state index in [1.165, 1.54) is 0 Å². The molecule has 18 heavy (non-hydrogen) atoms. The zero-order valence-electron chi connectivity index (χ0n) is 9.71. The van der Waals surface area contributed by atoms with Crippen LogP contribution >= 0.6 is 23.2 Å². The summed E-state index contributed by atoms with van der Waals surface area (Å²) in [6.45, 7) is 1.68. The lowest BCUT2D eigenvalue weighted by Gasteiger charge is -2.22. The number of carbonyl (C=O) groups is 1. The molecular weight excluding hydrogens is 275 g/mol. The van der Waals surface area contributed by atoms with Crippen LogP contribution in [0.2, 0.25) is 10.0 Å². The predicted octanol–water partition coefficient (Wildman–Crippen LogP) is 3.29. The summed E-state index contributed by atoms with van der Waals surface area (Å²) >= 11 is 11.6. The fraction of sp³-hybridized carbons (Fsp3) is 0.417. The molecule has 1 aliphatic rings. The summed E-state index contributed by atoms with van der Waals surface area (Å²) in [6.07, 6.45) is 1.37. The Morgan fingerprint density at radius 2 is 2.22 bits per heavy atom. The molecular formula is C12H14Cl2N2O2. The molecule has 1 atom stereocenters. The number of hydrogen-bond donors (Lipinski definition) is 2. The molecule has 1 amide bonds. The summed E-state index contributed by atoms with van der Waals surface area (Å²) in [7, 11) is 0. The van der Waals surface area contributed by atoms with E-state index in [0.717, 1.165) is 19.4 Å². The average Bonchev–Trinajstić information content (AvgIpc) is 2.35. The third-order valence-electron chi connectivity index (χ3n) is 2.69. The Hall–Kier alpha value is -0.970. The lowest BCUT2D eigenvalue weighted by Crippen LogP contribution is -2.37. The van der Waals surface area contributed by atoms with Crippen LogP contribution in [0.5, 0.6) is 0 Å². The van der Waals surface area contributed by atoms with Gasteiger partial charge in [-0.25, -0.2) is 4.79 Å². The van der Waals surface area contributed by atoms with Gasteiger partial charge >= 0.3 is 6.09 Å². The fourth-order valence-corrected chi connectivity index (χ4v) is 2.09. The highest BCUT2D eigenvalue weighted by Gasteiger charge is 2.17. The Labute approximate surface area is 116 Å². The summed E-state index contributed by atoms with van der Waals surface area (Å²) in [4.78, 5) is 11.6. The summed E-state index contributed by atoms with van der Waals surface area (Å²) in [5, 5.41) is 6.65. The second-order valence-electron chi connectivity index (χ2n) is 4.13. The SMILES string of the molecule is O=C(Nc1ccc(Cl)c(Cl)c1)O[C@H]1CCCNC1. The highest BCUT2D eigenvalue weighted by Crippen LogP contribution is 2.25. The molecule has 1 fully saturated rings. The van der Waals surface area contributed by atoms with Crippen molar-refractivity contribution >= 4 is 35.0 Å². The first-order valence-electron chi connectivity index (χ1n) is 5.78. The van der Waals surface area contributed by atoms with Crippen molar-refractivity contribution in [3.63, 3.8) is 0 Å². The van der Waals surface area contributed by atoms with Crippen molar-refractivity contribution in [2.45, 2.75) is 18.9 Å². The topological polar surface area (TPSA) is 50.4 Å². The largest absolute Gasteiger partial charge is 0.445 e. The molecule has 2 rings (SSSR count). The Kier molecular flexibility index (Phi) is 4.69. The highest BCUT2D eigenvalue weighted by atomic mass is 35.5. The minimum atomic E-state index is -0.470. The van der Waals surface area contributed by atoms with Gasteiger partial charge in [-0.15, -0.1) is 0 Å². The molecule has 0 bridgehead atoms. The van der Waals surface area contributed by atoms with E-state index < -0.39 is 6.09 Å². The Bertz CT molecular complexity index is 434. The van der Waals surface area contributed by atoms with Gasteiger partial charge in [0.1, 0.15) is 6.10 Å². The molecule has 0 saturated carbocycles. The van der Waals surface area contributed by atoms with Crippen LogP contribution in [-0.2, 0) is 4.74 Å². The molecule has 4 nitrogen and oxygen atoms in total. The standard InChI is InChI=1S/C12H14Cl2N2O2/c13-10-4-3-8(6-11(10)14)16-12(17)18-9-2-1-5-15-7-9/h3-4,6,9,15H,1-2,5,7H2,(H,16,17)/t9-/m0/s1. The number of halogens is 2. The smallest absolute Gasteiger partial charge is 0.411 e. The second kappa shape index (κ2) is 6.27. The van der Waals surface area contributed by atoms with E-state index in [1.54, 1.807) is 18.2 Å². The zero-order valence-corrected chi connectivity index (χ0v) is 11.2. The van der Waals surface area contributed by atoms with Crippen LogP contribution in [0, 0.1) is 0 Å². The lowest BCUT2D eigenvalue weighted by molar-refractivity contribution is 0.0941. The normalized spacial score (nSPS) is 19.3. The van der Waals surface area contributed by atoms with Crippen molar-refractivity contribution in [1.82, 2.24) is 5.32 Å². The van der Waals surface area contributed by atoms with Gasteiger partial charge in [0.2, 0.25) is 0 Å². The zero-order chi connectivity index (χ0) is 13.0. The van der Waals surface area contributed by atoms with Gasteiger partial charge in [0, 0.05) is 12.2 Å². The van der Waals surface area contributed by atoms with E-state index >= 15 is 0 Å². The highest BCUT2D eigenvalue weighted by molar-refractivity contribution is 6.42. The maximum atomic E-state index is 11.6. The monoisotopic (exact) mass is 288 g/mol. The number of anilines is 1. The number of benzene rings is 1. The van der Waals surface area contributed by atoms with Gasteiger partial charge in [0.25, 0.3) is 0 Å². The molecule has 1 aromatic carbocycles. The van der Waals surface area contributed by atoms with Crippen molar-refractivity contribution < 1.29 is 9.53 Å². The van der Waals surface area contributed by atoms with E-state index in [2.05, 4.69) is 10.6 Å². The molecule has 1 aliphatic heterocycles. The Morgan fingerprint density at radius 3 is 2.89 bits per heavy atom. The van der Waals surface area contributed by atoms with Crippen molar-refractivity contribution in [3.05, 3.63) is 28.2 Å². The molecule has 6 heteroatoms. The van der Waals surface area contributed by atoms with Crippen molar-refractivity contribution in [2.75, 3.05) is 18.4 Å². The van der Waals surface area contributed by atoms with Gasteiger partial charge in [-0.1, -0.05) is 23.2 Å². The maximum Gasteiger partial charge on any atom is 0.411 e. The summed E-state index contributed by atoms with van der Waals surface area (Å²) in [6, 6.07) is 4.89. The first kappa shape index (κ1) is 13.5. The molecule has 0 aliphatic carbocycles. The molecule has 0 unspecified atom stereocenters. The lowest BCUT2D eigenvalue weighted by atomic mass is 10.1. The second-order valence-corrected chi connectivity index (χ2v) is 4.94. The van der Waals surface area contributed by atoms with Crippen LogP contribution in [0.4, 0.5) is 10.5 Å². The van der Waals surface area contributed by atoms with Crippen LogP contribution in [0.1, 0.15) is 12.8 Å². The molecule has 0 aromatic heterocycles. The van der Waals surface area contributed by atoms with Gasteiger partial charge in [-0.2, -0.15) is 0 Å². The minimum absolute atomic E-state index is 0.0680. The molecule has 1 aromatic rings. The number of nitrogens with one attached hydrogen (secondary N) is 2. The third kappa shape index (κ3) is 3.77. The molecule has 0 spiro atoms. The van der Waals surface area contributed by atoms with Gasteiger partial charge in [0.05, 0.1) is 10.0 Å². The number of hydrogen-bond acceptors (Lipinski definition) is 3. The van der Waals surface area contributed by atoms with Gasteiger partial charge < -0.3 is 10.1 Å². The van der Waals surface area contributed by atoms with Crippen LogP contribution in [-0.4, -0.2) is 25.3 Å². The third-order valence-corrected chi connectivity index (χ3v) is 3.43. The summed E-state index contributed by atoms with van der Waals surface area (Å²) < 4.78 is 5.28. The fourth-order valence-electron chi connectivity index (χ4n) is 1.79. The van der Waals surface area contributed by atoms with E-state index in [4.69, 9.17) is 27.9 Å². The quantitative estimate of drug-likeness (QED) is 0.878. The van der Waals surface area contributed by atoms with Crippen molar-refractivity contribution in [3.8, 4) is 0 Å². The molecule has 1 saturated heterocycles. The molecule has 1 heterocycles. The predicted molar refractivity (Wildman–Crippen MR) is 72.5 cm³/mol. The van der Waals surface area contributed by atoms with Crippen molar-refractivity contribution in [1.29, 1.82) is 0 Å². The van der Waals surface area contributed by atoms with E-state index in [-0.39, 0.29) is 6.10 Å². The number of rotatable bonds is 2. The molecule has 0 radical (unpaired) electrons.